The number of hydrogen-bond donors (Lipinski definition) is 1. The van der Waals surface area contributed by atoms with E-state index in [0.717, 1.165) is 18.9 Å². The zero-order valence-corrected chi connectivity index (χ0v) is 11.4. The van der Waals surface area contributed by atoms with Crippen LogP contribution in [0.25, 0.3) is 0 Å². The summed E-state index contributed by atoms with van der Waals surface area (Å²) in [7, 11) is 0. The molecule has 3 atom stereocenters. The predicted octanol–water partition coefficient (Wildman–Crippen LogP) is 3.26. The molecule has 0 saturated carbocycles. The second kappa shape index (κ2) is 5.97. The lowest BCUT2D eigenvalue weighted by molar-refractivity contribution is 0.0395. The highest BCUT2D eigenvalue weighted by Gasteiger charge is 2.28. The highest BCUT2D eigenvalue weighted by atomic mass is 19.2. The first-order valence-corrected chi connectivity index (χ1v) is 6.88. The summed E-state index contributed by atoms with van der Waals surface area (Å²) in [4.78, 5) is 2.18. The van der Waals surface area contributed by atoms with Gasteiger partial charge in [-0.25, -0.2) is 8.78 Å². The highest BCUT2D eigenvalue weighted by Crippen LogP contribution is 2.27. The molecule has 3 unspecified atom stereocenters. The van der Waals surface area contributed by atoms with E-state index in [2.05, 4.69) is 18.7 Å². The summed E-state index contributed by atoms with van der Waals surface area (Å²) >= 11 is 0. The molecule has 1 saturated heterocycles. The fourth-order valence-corrected chi connectivity index (χ4v) is 2.91. The molecular formula is C15H21F2NO. The number of likely N-dealkylation sites (tertiary alicyclic amines) is 1. The molecule has 1 aromatic carbocycles. The van der Waals surface area contributed by atoms with Crippen molar-refractivity contribution in [2.75, 3.05) is 6.54 Å². The first-order valence-electron chi connectivity index (χ1n) is 6.88. The van der Waals surface area contributed by atoms with Crippen LogP contribution in [-0.4, -0.2) is 28.6 Å². The van der Waals surface area contributed by atoms with Crippen molar-refractivity contribution in [3.05, 3.63) is 35.4 Å². The molecule has 1 aromatic rings. The maximum absolute atomic E-state index is 13.6. The predicted molar refractivity (Wildman–Crippen MR) is 70.8 cm³/mol. The van der Waals surface area contributed by atoms with E-state index in [0.29, 0.717) is 18.6 Å². The molecular weight excluding hydrogens is 248 g/mol. The van der Waals surface area contributed by atoms with E-state index in [-0.39, 0.29) is 5.56 Å². The van der Waals surface area contributed by atoms with Crippen molar-refractivity contribution in [3.8, 4) is 0 Å². The summed E-state index contributed by atoms with van der Waals surface area (Å²) in [6, 6.07) is 4.69. The number of hydrogen-bond acceptors (Lipinski definition) is 2. The van der Waals surface area contributed by atoms with Crippen LogP contribution < -0.4 is 0 Å². The quantitative estimate of drug-likeness (QED) is 0.910. The number of aliphatic hydroxyl groups excluding tert-OH is 1. The third-order valence-electron chi connectivity index (χ3n) is 4.10. The number of benzene rings is 1. The maximum Gasteiger partial charge on any atom is 0.164 e. The van der Waals surface area contributed by atoms with E-state index < -0.39 is 17.7 Å². The molecule has 106 valence electrons. The second-order valence-corrected chi connectivity index (χ2v) is 5.48. The van der Waals surface area contributed by atoms with Crippen LogP contribution in [-0.2, 0) is 0 Å². The number of aliphatic hydroxyl groups is 1. The smallest absolute Gasteiger partial charge is 0.164 e. The molecule has 1 N–H and O–H groups in total. The molecule has 4 heteroatoms. The molecule has 0 aliphatic carbocycles. The molecule has 1 aliphatic rings. The highest BCUT2D eigenvalue weighted by molar-refractivity contribution is 5.21. The topological polar surface area (TPSA) is 23.5 Å². The summed E-state index contributed by atoms with van der Waals surface area (Å²) in [6.07, 6.45) is 2.37. The molecule has 1 aliphatic heterocycles. The summed E-state index contributed by atoms with van der Waals surface area (Å²) in [5, 5.41) is 10.2. The first-order chi connectivity index (χ1) is 9.00. The maximum atomic E-state index is 13.6. The van der Waals surface area contributed by atoms with Crippen LogP contribution in [0.3, 0.4) is 0 Å². The minimum Gasteiger partial charge on any atom is -0.387 e. The van der Waals surface area contributed by atoms with E-state index in [1.54, 1.807) is 0 Å². The number of nitrogens with zero attached hydrogens (tertiary/aromatic N) is 1. The number of rotatable bonds is 3. The van der Waals surface area contributed by atoms with Crippen LogP contribution >= 0.6 is 0 Å². The van der Waals surface area contributed by atoms with Gasteiger partial charge < -0.3 is 5.11 Å². The van der Waals surface area contributed by atoms with E-state index in [4.69, 9.17) is 0 Å². The van der Waals surface area contributed by atoms with Crippen molar-refractivity contribution >= 4 is 0 Å². The molecule has 0 spiro atoms. The zero-order chi connectivity index (χ0) is 14.0. The van der Waals surface area contributed by atoms with Crippen molar-refractivity contribution < 1.29 is 13.9 Å². The molecule has 0 radical (unpaired) electrons. The number of piperidine rings is 1. The van der Waals surface area contributed by atoms with Crippen LogP contribution in [0.5, 0.6) is 0 Å². The second-order valence-electron chi connectivity index (χ2n) is 5.48. The van der Waals surface area contributed by atoms with Crippen molar-refractivity contribution in [2.45, 2.75) is 51.3 Å². The van der Waals surface area contributed by atoms with Gasteiger partial charge in [-0.2, -0.15) is 0 Å². The molecule has 1 fully saturated rings. The Morgan fingerprint density at radius 2 is 1.89 bits per heavy atom. The van der Waals surface area contributed by atoms with Gasteiger partial charge in [0.15, 0.2) is 11.6 Å². The Balaban J connectivity index is 2.11. The molecule has 0 bridgehead atoms. The summed E-state index contributed by atoms with van der Waals surface area (Å²) in [5.74, 6) is -1.84. The lowest BCUT2D eigenvalue weighted by Gasteiger charge is -2.40. The Kier molecular flexibility index (Phi) is 4.53. The van der Waals surface area contributed by atoms with Crippen LogP contribution in [0.1, 0.15) is 44.8 Å². The minimum atomic E-state index is -0.987. The Morgan fingerprint density at radius 1 is 1.26 bits per heavy atom. The largest absolute Gasteiger partial charge is 0.387 e. The molecule has 2 rings (SSSR count). The third-order valence-corrected chi connectivity index (χ3v) is 4.10. The number of β-amino-alcohol motifs (C(OH)–C–C–N with tert-alkyl or cyclic N) is 1. The van der Waals surface area contributed by atoms with E-state index in [9.17, 15) is 13.9 Å². The van der Waals surface area contributed by atoms with E-state index in [1.165, 1.54) is 18.6 Å². The summed E-state index contributed by atoms with van der Waals surface area (Å²) < 4.78 is 26.8. The zero-order valence-electron chi connectivity index (χ0n) is 11.4. The normalized spacial score (nSPS) is 26.4. The van der Waals surface area contributed by atoms with Crippen molar-refractivity contribution in [3.63, 3.8) is 0 Å². The minimum absolute atomic E-state index is 0.0463. The Bertz CT molecular complexity index is 428. The summed E-state index contributed by atoms with van der Waals surface area (Å²) in [6.45, 7) is 4.58. The molecule has 0 aromatic heterocycles. The van der Waals surface area contributed by atoms with Gasteiger partial charge in [0.1, 0.15) is 0 Å². The Hall–Kier alpha value is -1.00. The van der Waals surface area contributed by atoms with Crippen LogP contribution in [0, 0.1) is 11.6 Å². The SMILES string of the molecule is CC1CCCC(C)N1CC(O)c1cccc(F)c1F. The van der Waals surface area contributed by atoms with E-state index in [1.807, 2.05) is 0 Å². The van der Waals surface area contributed by atoms with Crippen molar-refractivity contribution in [1.82, 2.24) is 4.90 Å². The Labute approximate surface area is 113 Å². The summed E-state index contributed by atoms with van der Waals surface area (Å²) in [5.41, 5.74) is 0.0463. The van der Waals surface area contributed by atoms with Crippen LogP contribution in [0.15, 0.2) is 18.2 Å². The average molecular weight is 269 g/mol. The fourth-order valence-electron chi connectivity index (χ4n) is 2.91. The average Bonchev–Trinajstić information content (AvgIpc) is 2.37. The van der Waals surface area contributed by atoms with Gasteiger partial charge in [-0.3, -0.25) is 4.90 Å². The standard InChI is InChI=1S/C15H21F2NO/c1-10-5-3-6-11(2)18(10)9-14(19)12-7-4-8-13(16)15(12)17/h4,7-8,10-11,14,19H,3,5-6,9H2,1-2H3. The van der Waals surface area contributed by atoms with Crippen LogP contribution in [0.2, 0.25) is 0 Å². The molecule has 1 heterocycles. The molecule has 2 nitrogen and oxygen atoms in total. The lowest BCUT2D eigenvalue weighted by Crippen LogP contribution is -2.45. The fraction of sp³-hybridized carbons (Fsp3) is 0.600. The third kappa shape index (κ3) is 3.12. The van der Waals surface area contributed by atoms with Gasteiger partial charge in [-0.05, 0) is 32.8 Å². The first kappa shape index (κ1) is 14.4. The van der Waals surface area contributed by atoms with Gasteiger partial charge in [0, 0.05) is 24.2 Å². The molecule has 0 amide bonds. The van der Waals surface area contributed by atoms with Gasteiger partial charge in [-0.1, -0.05) is 18.6 Å². The molecule has 19 heavy (non-hydrogen) atoms. The van der Waals surface area contributed by atoms with E-state index >= 15 is 0 Å². The Morgan fingerprint density at radius 3 is 2.53 bits per heavy atom. The van der Waals surface area contributed by atoms with Gasteiger partial charge in [0.05, 0.1) is 6.10 Å². The van der Waals surface area contributed by atoms with Gasteiger partial charge >= 0.3 is 0 Å². The van der Waals surface area contributed by atoms with Gasteiger partial charge in [-0.15, -0.1) is 0 Å². The monoisotopic (exact) mass is 269 g/mol. The van der Waals surface area contributed by atoms with Crippen LogP contribution in [0.4, 0.5) is 8.78 Å². The number of halogens is 2. The van der Waals surface area contributed by atoms with Gasteiger partial charge in [0.25, 0.3) is 0 Å². The van der Waals surface area contributed by atoms with Gasteiger partial charge in [0.2, 0.25) is 0 Å². The lowest BCUT2D eigenvalue weighted by atomic mass is 9.96. The van der Waals surface area contributed by atoms with Crippen molar-refractivity contribution in [2.24, 2.45) is 0 Å². The van der Waals surface area contributed by atoms with Crippen molar-refractivity contribution in [1.29, 1.82) is 0 Å².